The maximum absolute atomic E-state index is 13.5. The van der Waals surface area contributed by atoms with Crippen molar-refractivity contribution in [2.45, 2.75) is 156 Å². The van der Waals surface area contributed by atoms with Crippen LogP contribution < -0.4 is 16.0 Å². The van der Waals surface area contributed by atoms with Crippen molar-refractivity contribution in [2.24, 2.45) is 0 Å². The molecule has 4 fully saturated rings. The Balaban J connectivity index is 1.79. The summed E-state index contributed by atoms with van der Waals surface area (Å²) in [5.74, 6) is -6.43. The number of aliphatic hydroxyl groups excluding tert-OH is 9. The van der Waals surface area contributed by atoms with Crippen LogP contribution in [0.4, 0.5) is 0 Å². The normalized spacial score (nSPS) is 42.2. The topological polar surface area (TPSA) is 427 Å². The van der Waals surface area contributed by atoms with Crippen LogP contribution in [0.5, 0.6) is 0 Å². The van der Waals surface area contributed by atoms with Gasteiger partial charge < -0.3 is 115 Å². The first-order valence-electron chi connectivity index (χ1n) is 19.0. The van der Waals surface area contributed by atoms with Gasteiger partial charge in [-0.05, 0) is 6.92 Å². The van der Waals surface area contributed by atoms with E-state index in [1.54, 1.807) is 0 Å². The highest BCUT2D eigenvalue weighted by molar-refractivity contribution is 5.87. The summed E-state index contributed by atoms with van der Waals surface area (Å²) in [6, 6.07) is -5.28. The minimum absolute atomic E-state index is 0.729. The van der Waals surface area contributed by atoms with Crippen molar-refractivity contribution in [1.29, 1.82) is 0 Å². The van der Waals surface area contributed by atoms with E-state index in [0.717, 1.165) is 35.0 Å². The molecule has 22 atom stereocenters. The first-order valence-corrected chi connectivity index (χ1v) is 19.0. The lowest BCUT2D eigenvalue weighted by Crippen LogP contribution is -2.71. The van der Waals surface area contributed by atoms with Crippen LogP contribution in [0, 0.1) is 0 Å². The van der Waals surface area contributed by atoms with Gasteiger partial charge >= 0.3 is 11.9 Å². The zero-order valence-corrected chi connectivity index (χ0v) is 33.8. The zero-order valence-electron chi connectivity index (χ0n) is 33.8. The number of nitrogens with one attached hydrogen (secondary N) is 3. The van der Waals surface area contributed by atoms with Gasteiger partial charge in [-0.15, -0.1) is 0 Å². The molecule has 28 nitrogen and oxygen atoms in total. The van der Waals surface area contributed by atoms with Crippen molar-refractivity contribution in [2.75, 3.05) is 27.4 Å². The van der Waals surface area contributed by atoms with Crippen molar-refractivity contribution in [3.8, 4) is 0 Å². The quantitative estimate of drug-likeness (QED) is 0.0644. The minimum Gasteiger partial charge on any atom is -0.480 e. The van der Waals surface area contributed by atoms with E-state index in [1.165, 1.54) is 0 Å². The SMILES string of the molecule is COC1OC(CO)C(O)C(OC2OC(C(=O)N[C@H](C(=O)O)[C@@H](C)O)C(O)C(O)C2OC2OC(CO)C(O)C(OC3OC(C(=O)O)C(OC)C(O)C3O)C2NC(C)=O)C1NC(C)=O. The summed E-state index contributed by atoms with van der Waals surface area (Å²) in [5, 5.41) is 123. The fourth-order valence-electron chi connectivity index (χ4n) is 7.36. The van der Waals surface area contributed by atoms with Crippen LogP contribution in [0.25, 0.3) is 0 Å². The lowest BCUT2D eigenvalue weighted by atomic mass is 9.93. The number of rotatable bonds is 17. The highest BCUT2D eigenvalue weighted by Crippen LogP contribution is 2.35. The number of methoxy groups -OCH3 is 2. The lowest BCUT2D eigenvalue weighted by molar-refractivity contribution is -0.378. The third-order valence-electron chi connectivity index (χ3n) is 10.5. The molecule has 3 amide bonds. The van der Waals surface area contributed by atoms with E-state index in [1.807, 2.05) is 5.32 Å². The molecule has 4 aliphatic heterocycles. The molecule has 0 aliphatic carbocycles. The molecule has 20 unspecified atom stereocenters. The molecule has 4 saturated heterocycles. The molecule has 28 heteroatoms. The second-order valence-corrected chi connectivity index (χ2v) is 14.8. The highest BCUT2D eigenvalue weighted by atomic mass is 16.8. The molecule has 4 heterocycles. The predicted molar refractivity (Wildman–Crippen MR) is 191 cm³/mol. The first-order chi connectivity index (χ1) is 29.1. The Hall–Kier alpha value is -3.37. The first kappa shape index (κ1) is 51.3. The van der Waals surface area contributed by atoms with Gasteiger partial charge in [0.1, 0.15) is 85.3 Å². The molecule has 0 spiro atoms. The third-order valence-corrected chi connectivity index (χ3v) is 10.5. The molecule has 0 radical (unpaired) electrons. The molecule has 14 N–H and O–H groups in total. The van der Waals surface area contributed by atoms with Crippen molar-refractivity contribution in [1.82, 2.24) is 16.0 Å². The second kappa shape index (κ2) is 22.0. The molecule has 4 rings (SSSR count). The molecule has 4 aliphatic rings. The number of amides is 3. The number of hydrogen-bond donors (Lipinski definition) is 14. The number of carboxylic acids is 2. The van der Waals surface area contributed by atoms with E-state index < -0.39 is 178 Å². The number of aliphatic hydroxyl groups is 9. The van der Waals surface area contributed by atoms with Gasteiger partial charge in [-0.2, -0.15) is 0 Å². The van der Waals surface area contributed by atoms with Crippen molar-refractivity contribution < 1.29 is 123 Å². The minimum atomic E-state index is -2.37. The van der Waals surface area contributed by atoms with Crippen LogP contribution in [0.3, 0.4) is 0 Å². The average Bonchev–Trinajstić information content (AvgIpc) is 3.20. The van der Waals surface area contributed by atoms with Gasteiger partial charge in [0.05, 0.1) is 19.3 Å². The Kier molecular flexibility index (Phi) is 18.2. The van der Waals surface area contributed by atoms with E-state index in [0.29, 0.717) is 0 Å². The Morgan fingerprint density at radius 3 is 1.50 bits per heavy atom. The molecule has 62 heavy (non-hydrogen) atoms. The van der Waals surface area contributed by atoms with E-state index in [-0.39, 0.29) is 0 Å². The summed E-state index contributed by atoms with van der Waals surface area (Å²) in [7, 11) is 2.16. The summed E-state index contributed by atoms with van der Waals surface area (Å²) in [6.07, 6.45) is -37.2. The monoisotopic (exact) mass is 905 g/mol. The van der Waals surface area contributed by atoms with E-state index in [2.05, 4.69) is 10.6 Å². The van der Waals surface area contributed by atoms with Crippen molar-refractivity contribution >= 4 is 29.7 Å². The molecule has 0 aromatic heterocycles. The number of hydrogen-bond acceptors (Lipinski definition) is 23. The fraction of sp³-hybridized carbons (Fsp3) is 0.853. The van der Waals surface area contributed by atoms with Gasteiger partial charge in [-0.25, -0.2) is 9.59 Å². The van der Waals surface area contributed by atoms with E-state index >= 15 is 0 Å². The summed E-state index contributed by atoms with van der Waals surface area (Å²) in [4.78, 5) is 62.2. The van der Waals surface area contributed by atoms with Crippen LogP contribution in [-0.2, 0) is 66.6 Å². The largest absolute Gasteiger partial charge is 0.480 e. The van der Waals surface area contributed by atoms with Crippen LogP contribution in [0.1, 0.15) is 20.8 Å². The summed E-state index contributed by atoms with van der Waals surface area (Å²) < 4.78 is 50.6. The molecular formula is C34H55N3O25. The number of carbonyl (C=O) groups excluding carboxylic acids is 3. The number of carbonyl (C=O) groups is 5. The van der Waals surface area contributed by atoms with Crippen molar-refractivity contribution in [3.05, 3.63) is 0 Å². The van der Waals surface area contributed by atoms with Gasteiger partial charge in [0.2, 0.25) is 11.8 Å². The molecule has 0 saturated carbocycles. The number of carboxylic acid groups (broad SMARTS) is 2. The molecule has 0 bridgehead atoms. The highest BCUT2D eigenvalue weighted by Gasteiger charge is 2.58. The standard InChI is InChI=1S/C34H55N3O25/c1-8(40)13(29(50)51)37-28(49)25-18(45)19(46)26(34(60-25)59-22-14(35-9(2)41)31(55-5)56-11(6-38)16(22)43)61-32-15(36-10(3)42)23(17(44)12(7-39)57-32)58-33-21(48)20(47)24(54-4)27(62-33)30(52)53/h8,11-27,31-34,38-40,43-48H,6-7H2,1-5H3,(H,35,41)(H,36,42)(H,37,49)(H,50,51)(H,52,53)/t8-,11?,12?,13+,14?,15?,16?,17?,18?,19?,20?,21?,22?,23?,24?,25?,26?,27?,31?,32?,33?,34?/m1/s1. The number of ether oxygens (including phenoxy) is 9. The Labute approximate surface area is 351 Å². The predicted octanol–water partition coefficient (Wildman–Crippen LogP) is -9.10. The summed E-state index contributed by atoms with van der Waals surface area (Å²) >= 11 is 0. The summed E-state index contributed by atoms with van der Waals surface area (Å²) in [5.41, 5.74) is 0. The number of aliphatic carboxylic acids is 2. The Morgan fingerprint density at radius 1 is 0.581 bits per heavy atom. The molecule has 0 aromatic rings. The Bertz CT molecular complexity index is 1550. The van der Waals surface area contributed by atoms with Gasteiger partial charge in [0, 0.05) is 28.1 Å². The third kappa shape index (κ3) is 11.3. The van der Waals surface area contributed by atoms with Crippen LogP contribution in [0.15, 0.2) is 0 Å². The Morgan fingerprint density at radius 2 is 1.05 bits per heavy atom. The van der Waals surface area contributed by atoms with Gasteiger partial charge in [0.15, 0.2) is 43.4 Å². The fourth-order valence-corrected chi connectivity index (χ4v) is 7.36. The molecule has 356 valence electrons. The van der Waals surface area contributed by atoms with Crippen LogP contribution >= 0.6 is 0 Å². The van der Waals surface area contributed by atoms with Gasteiger partial charge in [-0.3, -0.25) is 14.4 Å². The van der Waals surface area contributed by atoms with Gasteiger partial charge in [0.25, 0.3) is 5.91 Å². The average molecular weight is 906 g/mol. The smallest absolute Gasteiger partial charge is 0.335 e. The maximum atomic E-state index is 13.5. The second-order valence-electron chi connectivity index (χ2n) is 14.8. The summed E-state index contributed by atoms with van der Waals surface area (Å²) in [6.45, 7) is 1.17. The van der Waals surface area contributed by atoms with Crippen LogP contribution in [-0.4, -0.2) is 248 Å². The van der Waals surface area contributed by atoms with Crippen molar-refractivity contribution in [3.63, 3.8) is 0 Å². The molecule has 0 aromatic carbocycles. The molecular weight excluding hydrogens is 850 g/mol. The van der Waals surface area contributed by atoms with E-state index in [9.17, 15) is 80.1 Å². The zero-order chi connectivity index (χ0) is 46.5. The van der Waals surface area contributed by atoms with Gasteiger partial charge in [-0.1, -0.05) is 0 Å². The van der Waals surface area contributed by atoms with Crippen LogP contribution in [0.2, 0.25) is 0 Å². The maximum Gasteiger partial charge on any atom is 0.335 e. The lowest BCUT2D eigenvalue weighted by Gasteiger charge is -2.50. The van der Waals surface area contributed by atoms with E-state index in [4.69, 9.17) is 42.6 Å².